The van der Waals surface area contributed by atoms with Crippen LogP contribution in [0, 0.1) is 19.8 Å². The molecule has 25 heavy (non-hydrogen) atoms. The third-order valence-electron chi connectivity index (χ3n) is 4.74. The van der Waals surface area contributed by atoms with E-state index < -0.39 is 5.97 Å². The molecule has 0 spiro atoms. The number of carbonyl (C=O) groups excluding carboxylic acids is 2. The minimum absolute atomic E-state index is 0.273. The standard InChI is InChI=1S/C20H23NO3S/c1-12-7-8-17-15(9-12)10-18(25-17)20(23)24-11-19(22)21-16-6-4-5-13(2)14(16)3/h4-6,10,12H,7-9,11H2,1-3H3,(H,21,22)/t12-/m1/s1. The van der Waals surface area contributed by atoms with Crippen LogP contribution in [-0.4, -0.2) is 18.5 Å². The van der Waals surface area contributed by atoms with E-state index >= 15 is 0 Å². The van der Waals surface area contributed by atoms with Crippen LogP contribution in [-0.2, 0) is 22.4 Å². The summed E-state index contributed by atoms with van der Waals surface area (Å²) in [6.07, 6.45) is 3.22. The second kappa shape index (κ2) is 7.40. The number of rotatable bonds is 4. The van der Waals surface area contributed by atoms with Gasteiger partial charge in [0, 0.05) is 10.6 Å². The Morgan fingerprint density at radius 3 is 2.92 bits per heavy atom. The van der Waals surface area contributed by atoms with Gasteiger partial charge in [0.1, 0.15) is 4.88 Å². The number of hydrogen-bond acceptors (Lipinski definition) is 4. The molecule has 1 heterocycles. The Labute approximate surface area is 152 Å². The molecule has 1 atom stereocenters. The van der Waals surface area contributed by atoms with Crippen LogP contribution in [0.3, 0.4) is 0 Å². The predicted octanol–water partition coefficient (Wildman–Crippen LogP) is 4.29. The Bertz CT molecular complexity index is 809. The highest BCUT2D eigenvalue weighted by atomic mass is 32.1. The van der Waals surface area contributed by atoms with Crippen molar-refractivity contribution in [1.29, 1.82) is 0 Å². The lowest BCUT2D eigenvalue weighted by Gasteiger charge is -2.16. The molecule has 0 radical (unpaired) electrons. The van der Waals surface area contributed by atoms with E-state index in [2.05, 4.69) is 12.2 Å². The van der Waals surface area contributed by atoms with Crippen molar-refractivity contribution in [1.82, 2.24) is 0 Å². The van der Waals surface area contributed by atoms with Gasteiger partial charge in [0.15, 0.2) is 6.61 Å². The van der Waals surface area contributed by atoms with Crippen LogP contribution < -0.4 is 5.32 Å². The van der Waals surface area contributed by atoms with Crippen molar-refractivity contribution < 1.29 is 14.3 Å². The number of hydrogen-bond donors (Lipinski definition) is 1. The van der Waals surface area contributed by atoms with E-state index in [4.69, 9.17) is 4.74 Å². The van der Waals surface area contributed by atoms with E-state index in [1.54, 1.807) is 0 Å². The normalized spacial score (nSPS) is 16.2. The Morgan fingerprint density at radius 1 is 1.32 bits per heavy atom. The summed E-state index contributed by atoms with van der Waals surface area (Å²) in [4.78, 5) is 26.2. The Kier molecular flexibility index (Phi) is 5.23. The van der Waals surface area contributed by atoms with Gasteiger partial charge in [-0.3, -0.25) is 4.79 Å². The zero-order valence-corrected chi connectivity index (χ0v) is 15.7. The second-order valence-electron chi connectivity index (χ2n) is 6.78. The van der Waals surface area contributed by atoms with Gasteiger partial charge in [-0.05, 0) is 67.9 Å². The van der Waals surface area contributed by atoms with Gasteiger partial charge in [0.05, 0.1) is 0 Å². The summed E-state index contributed by atoms with van der Waals surface area (Å²) >= 11 is 1.50. The maximum atomic E-state index is 12.2. The van der Waals surface area contributed by atoms with Crippen LogP contribution in [0.4, 0.5) is 5.69 Å². The van der Waals surface area contributed by atoms with Crippen LogP contribution in [0.2, 0.25) is 0 Å². The molecular weight excluding hydrogens is 334 g/mol. The molecule has 3 rings (SSSR count). The van der Waals surface area contributed by atoms with Gasteiger partial charge in [-0.25, -0.2) is 4.79 Å². The molecule has 0 aliphatic heterocycles. The van der Waals surface area contributed by atoms with Crippen LogP contribution >= 0.6 is 11.3 Å². The maximum absolute atomic E-state index is 12.2. The average molecular weight is 357 g/mol. The lowest BCUT2D eigenvalue weighted by Crippen LogP contribution is -2.21. The van der Waals surface area contributed by atoms with Crippen molar-refractivity contribution in [3.05, 3.63) is 50.7 Å². The zero-order valence-electron chi connectivity index (χ0n) is 14.8. The molecule has 5 heteroatoms. The fourth-order valence-electron chi connectivity index (χ4n) is 3.08. The smallest absolute Gasteiger partial charge is 0.348 e. The zero-order chi connectivity index (χ0) is 18.0. The van der Waals surface area contributed by atoms with E-state index in [-0.39, 0.29) is 12.5 Å². The monoisotopic (exact) mass is 357 g/mol. The van der Waals surface area contributed by atoms with Gasteiger partial charge >= 0.3 is 5.97 Å². The molecule has 2 aromatic rings. The SMILES string of the molecule is Cc1cccc(NC(=O)COC(=O)c2cc3c(s2)CC[C@@H](C)C3)c1C. The Hall–Kier alpha value is -2.14. The fourth-order valence-corrected chi connectivity index (χ4v) is 4.18. The number of nitrogens with one attached hydrogen (secondary N) is 1. The summed E-state index contributed by atoms with van der Waals surface area (Å²) in [6.45, 7) is 5.90. The Balaban J connectivity index is 1.57. The highest BCUT2D eigenvalue weighted by Gasteiger charge is 2.21. The van der Waals surface area contributed by atoms with Gasteiger partial charge < -0.3 is 10.1 Å². The molecule has 1 aliphatic rings. The molecule has 0 fully saturated rings. The quantitative estimate of drug-likeness (QED) is 0.831. The lowest BCUT2D eigenvalue weighted by atomic mass is 9.90. The summed E-state index contributed by atoms with van der Waals surface area (Å²) in [5.74, 6) is -0.0746. The molecule has 0 saturated carbocycles. The van der Waals surface area contributed by atoms with Crippen LogP contribution in [0.5, 0.6) is 0 Å². The van der Waals surface area contributed by atoms with Gasteiger partial charge in [0.25, 0.3) is 5.91 Å². The summed E-state index contributed by atoms with van der Waals surface area (Å²) in [7, 11) is 0. The number of benzene rings is 1. The maximum Gasteiger partial charge on any atom is 0.348 e. The highest BCUT2D eigenvalue weighted by molar-refractivity contribution is 7.14. The number of ether oxygens (including phenoxy) is 1. The highest BCUT2D eigenvalue weighted by Crippen LogP contribution is 2.32. The third kappa shape index (κ3) is 4.10. The van der Waals surface area contributed by atoms with E-state index in [1.807, 2.05) is 38.1 Å². The molecule has 0 unspecified atom stereocenters. The summed E-state index contributed by atoms with van der Waals surface area (Å²) in [5.41, 5.74) is 4.13. The average Bonchev–Trinajstić information content (AvgIpc) is 3.00. The molecule has 0 bridgehead atoms. The first kappa shape index (κ1) is 17.7. The molecule has 1 amide bonds. The number of thiophene rings is 1. The molecular formula is C20H23NO3S. The number of aryl methyl sites for hydroxylation is 2. The third-order valence-corrected chi connectivity index (χ3v) is 5.96. The van der Waals surface area contributed by atoms with Crippen molar-refractivity contribution in [3.63, 3.8) is 0 Å². The molecule has 1 aromatic heterocycles. The predicted molar refractivity (Wildman–Crippen MR) is 100 cm³/mol. The van der Waals surface area contributed by atoms with E-state index in [9.17, 15) is 9.59 Å². The molecule has 132 valence electrons. The minimum Gasteiger partial charge on any atom is -0.451 e. The van der Waals surface area contributed by atoms with E-state index in [0.717, 1.165) is 29.7 Å². The number of amides is 1. The number of fused-ring (bicyclic) bond motifs is 1. The van der Waals surface area contributed by atoms with Crippen LogP contribution in [0.15, 0.2) is 24.3 Å². The van der Waals surface area contributed by atoms with E-state index in [0.29, 0.717) is 10.8 Å². The van der Waals surface area contributed by atoms with Crippen LogP contribution in [0.25, 0.3) is 0 Å². The van der Waals surface area contributed by atoms with Gasteiger partial charge in [-0.2, -0.15) is 0 Å². The van der Waals surface area contributed by atoms with Crippen molar-refractivity contribution in [2.24, 2.45) is 5.92 Å². The van der Waals surface area contributed by atoms with Crippen molar-refractivity contribution in [2.45, 2.75) is 40.0 Å². The molecule has 1 N–H and O–H groups in total. The van der Waals surface area contributed by atoms with Gasteiger partial charge in [-0.15, -0.1) is 11.3 Å². The first-order chi connectivity index (χ1) is 11.9. The molecule has 1 aliphatic carbocycles. The first-order valence-electron chi connectivity index (χ1n) is 8.59. The number of esters is 1. The number of carbonyl (C=O) groups is 2. The lowest BCUT2D eigenvalue weighted by molar-refractivity contribution is -0.119. The van der Waals surface area contributed by atoms with Gasteiger partial charge in [-0.1, -0.05) is 19.1 Å². The summed E-state index contributed by atoms with van der Waals surface area (Å²) in [5, 5.41) is 2.80. The van der Waals surface area contributed by atoms with Crippen LogP contribution in [0.1, 0.15) is 44.6 Å². The molecule has 1 aromatic carbocycles. The van der Waals surface area contributed by atoms with Crippen molar-refractivity contribution in [3.8, 4) is 0 Å². The topological polar surface area (TPSA) is 55.4 Å². The second-order valence-corrected chi connectivity index (χ2v) is 7.92. The summed E-state index contributed by atoms with van der Waals surface area (Å²) < 4.78 is 5.20. The largest absolute Gasteiger partial charge is 0.451 e. The van der Waals surface area contributed by atoms with E-state index in [1.165, 1.54) is 28.2 Å². The first-order valence-corrected chi connectivity index (χ1v) is 9.40. The van der Waals surface area contributed by atoms with Gasteiger partial charge in [0.2, 0.25) is 0 Å². The molecule has 0 saturated heterocycles. The molecule has 4 nitrogen and oxygen atoms in total. The Morgan fingerprint density at radius 2 is 2.12 bits per heavy atom. The number of anilines is 1. The summed E-state index contributed by atoms with van der Waals surface area (Å²) in [6, 6.07) is 7.66. The minimum atomic E-state index is -0.414. The fraction of sp³-hybridized carbons (Fsp3) is 0.400. The van der Waals surface area contributed by atoms with Crippen molar-refractivity contribution >= 4 is 28.9 Å². The van der Waals surface area contributed by atoms with Crippen molar-refractivity contribution in [2.75, 3.05) is 11.9 Å².